The molecular formula is C24H27FN6. The summed E-state index contributed by atoms with van der Waals surface area (Å²) >= 11 is 0. The third-order valence-corrected chi connectivity index (χ3v) is 5.18. The van der Waals surface area contributed by atoms with Crippen LogP contribution in [0.25, 0.3) is 10.9 Å². The van der Waals surface area contributed by atoms with Gasteiger partial charge in [-0.3, -0.25) is 4.68 Å². The Kier molecular flexibility index (Phi) is 6.62. The van der Waals surface area contributed by atoms with Gasteiger partial charge in [-0.2, -0.15) is 5.10 Å². The first-order valence-corrected chi connectivity index (χ1v) is 10.5. The maximum atomic E-state index is 13.4. The van der Waals surface area contributed by atoms with Gasteiger partial charge >= 0.3 is 0 Å². The molecule has 6 nitrogen and oxygen atoms in total. The minimum absolute atomic E-state index is 0.228. The van der Waals surface area contributed by atoms with E-state index >= 15 is 0 Å². The Bertz CT molecular complexity index is 1150. The fourth-order valence-corrected chi connectivity index (χ4v) is 3.62. The van der Waals surface area contributed by atoms with Crippen LogP contribution in [-0.2, 0) is 19.5 Å². The molecule has 0 saturated carbocycles. The van der Waals surface area contributed by atoms with Crippen molar-refractivity contribution in [2.24, 2.45) is 4.99 Å². The average molecular weight is 419 g/mol. The van der Waals surface area contributed by atoms with Crippen molar-refractivity contribution in [3.63, 3.8) is 0 Å². The molecule has 0 aliphatic rings. The lowest BCUT2D eigenvalue weighted by Crippen LogP contribution is -2.38. The fraction of sp³-hybridized carbons (Fsp3) is 0.250. The number of nitrogens with zero attached hydrogens (tertiary/aromatic N) is 3. The summed E-state index contributed by atoms with van der Waals surface area (Å²) in [5, 5.41) is 12.1. The number of rotatable bonds is 8. The lowest BCUT2D eigenvalue weighted by Gasteiger charge is -2.12. The van der Waals surface area contributed by atoms with Crippen LogP contribution in [0.15, 0.2) is 72.1 Å². The minimum atomic E-state index is -0.228. The summed E-state index contributed by atoms with van der Waals surface area (Å²) in [5.41, 5.74) is 4.36. The Morgan fingerprint density at radius 1 is 1.10 bits per heavy atom. The van der Waals surface area contributed by atoms with Gasteiger partial charge in [0.25, 0.3) is 0 Å². The van der Waals surface area contributed by atoms with Crippen molar-refractivity contribution in [3.8, 4) is 0 Å². The van der Waals surface area contributed by atoms with Crippen molar-refractivity contribution in [1.82, 2.24) is 25.4 Å². The second-order valence-corrected chi connectivity index (χ2v) is 7.35. The standard InChI is InChI=1S/C24H27FN6/c1-2-26-24(27-12-10-19-16-28-23-14-21(25)8-9-22(19)23)29-15-18-6-3-4-7-20(18)17-31-13-5-11-30-31/h3-9,11,13-14,16,28H,2,10,12,15,17H2,1H3,(H2,26,27,29). The molecule has 4 aromatic rings. The number of benzene rings is 2. The number of halogens is 1. The maximum Gasteiger partial charge on any atom is 0.191 e. The lowest BCUT2D eigenvalue weighted by atomic mass is 10.1. The number of hydrogen-bond donors (Lipinski definition) is 3. The largest absolute Gasteiger partial charge is 0.361 e. The highest BCUT2D eigenvalue weighted by Crippen LogP contribution is 2.19. The SMILES string of the molecule is CCNC(=NCc1ccccc1Cn1cccn1)NCCc1c[nH]c2cc(F)ccc12. The van der Waals surface area contributed by atoms with E-state index in [2.05, 4.69) is 39.8 Å². The zero-order chi connectivity index (χ0) is 21.5. The first kappa shape index (κ1) is 20.7. The highest BCUT2D eigenvalue weighted by Gasteiger charge is 2.06. The third-order valence-electron chi connectivity index (χ3n) is 5.18. The molecule has 0 unspecified atom stereocenters. The highest BCUT2D eigenvalue weighted by atomic mass is 19.1. The van der Waals surface area contributed by atoms with E-state index in [9.17, 15) is 4.39 Å². The summed E-state index contributed by atoms with van der Waals surface area (Å²) in [7, 11) is 0. The highest BCUT2D eigenvalue weighted by molar-refractivity contribution is 5.83. The summed E-state index contributed by atoms with van der Waals surface area (Å²) in [6, 6.07) is 15.1. The Labute approximate surface area is 181 Å². The van der Waals surface area contributed by atoms with E-state index in [-0.39, 0.29) is 5.82 Å². The molecule has 0 radical (unpaired) electrons. The van der Waals surface area contributed by atoms with Gasteiger partial charge in [-0.25, -0.2) is 9.38 Å². The predicted molar refractivity (Wildman–Crippen MR) is 123 cm³/mol. The Morgan fingerprint density at radius 2 is 1.97 bits per heavy atom. The number of hydrogen-bond acceptors (Lipinski definition) is 2. The predicted octanol–water partition coefficient (Wildman–Crippen LogP) is 3.85. The van der Waals surface area contributed by atoms with E-state index in [1.807, 2.05) is 41.3 Å². The smallest absolute Gasteiger partial charge is 0.191 e. The molecule has 2 aromatic heterocycles. The van der Waals surface area contributed by atoms with Crippen LogP contribution >= 0.6 is 0 Å². The minimum Gasteiger partial charge on any atom is -0.361 e. The van der Waals surface area contributed by atoms with Crippen LogP contribution in [0.3, 0.4) is 0 Å². The number of H-pyrrole nitrogens is 1. The van der Waals surface area contributed by atoms with Crippen LogP contribution < -0.4 is 10.6 Å². The van der Waals surface area contributed by atoms with Gasteiger partial charge in [-0.15, -0.1) is 0 Å². The van der Waals surface area contributed by atoms with Gasteiger partial charge in [-0.05, 0) is 54.3 Å². The Balaban J connectivity index is 1.39. The number of fused-ring (bicyclic) bond motifs is 1. The number of nitrogens with one attached hydrogen (secondary N) is 3. The number of guanidine groups is 1. The van der Waals surface area contributed by atoms with Crippen LogP contribution in [0, 0.1) is 5.82 Å². The zero-order valence-electron chi connectivity index (χ0n) is 17.6. The molecule has 3 N–H and O–H groups in total. The van der Waals surface area contributed by atoms with E-state index in [0.717, 1.165) is 48.5 Å². The quantitative estimate of drug-likeness (QED) is 0.301. The number of aromatic nitrogens is 3. The third kappa shape index (κ3) is 5.31. The molecule has 2 aromatic carbocycles. The van der Waals surface area contributed by atoms with Gasteiger partial charge in [0.15, 0.2) is 5.96 Å². The second kappa shape index (κ2) is 9.93. The Morgan fingerprint density at radius 3 is 2.77 bits per heavy atom. The van der Waals surface area contributed by atoms with Crippen molar-refractivity contribution < 1.29 is 4.39 Å². The van der Waals surface area contributed by atoms with Gasteiger partial charge in [0, 0.05) is 42.6 Å². The maximum absolute atomic E-state index is 13.4. The number of aromatic amines is 1. The first-order valence-electron chi connectivity index (χ1n) is 10.5. The molecule has 0 aliphatic carbocycles. The van der Waals surface area contributed by atoms with Crippen LogP contribution in [-0.4, -0.2) is 33.8 Å². The summed E-state index contributed by atoms with van der Waals surface area (Å²) in [4.78, 5) is 7.92. The van der Waals surface area contributed by atoms with Crippen LogP contribution in [0.4, 0.5) is 4.39 Å². The van der Waals surface area contributed by atoms with E-state index in [4.69, 9.17) is 4.99 Å². The fourth-order valence-electron chi connectivity index (χ4n) is 3.62. The molecule has 4 rings (SSSR count). The zero-order valence-corrected chi connectivity index (χ0v) is 17.6. The summed E-state index contributed by atoms with van der Waals surface area (Å²) in [6.07, 6.45) is 6.51. The second-order valence-electron chi connectivity index (χ2n) is 7.35. The Hall–Kier alpha value is -3.61. The normalized spacial score (nSPS) is 11.7. The lowest BCUT2D eigenvalue weighted by molar-refractivity contribution is 0.629. The van der Waals surface area contributed by atoms with Crippen molar-refractivity contribution in [1.29, 1.82) is 0 Å². The molecule has 0 atom stereocenters. The van der Waals surface area contributed by atoms with Gasteiger partial charge in [0.2, 0.25) is 0 Å². The summed E-state index contributed by atoms with van der Waals surface area (Å²) in [6.45, 7) is 4.87. The molecule has 160 valence electrons. The van der Waals surface area contributed by atoms with Crippen molar-refractivity contribution in [2.75, 3.05) is 13.1 Å². The van der Waals surface area contributed by atoms with Gasteiger partial charge in [0.1, 0.15) is 5.82 Å². The van der Waals surface area contributed by atoms with E-state index in [0.29, 0.717) is 6.54 Å². The molecule has 31 heavy (non-hydrogen) atoms. The average Bonchev–Trinajstić information content (AvgIpc) is 3.42. The summed E-state index contributed by atoms with van der Waals surface area (Å²) in [5.74, 6) is 0.552. The van der Waals surface area contributed by atoms with Crippen molar-refractivity contribution in [2.45, 2.75) is 26.4 Å². The molecule has 0 aliphatic heterocycles. The topological polar surface area (TPSA) is 70.0 Å². The molecule has 0 bridgehead atoms. The van der Waals surface area contributed by atoms with Gasteiger partial charge in [-0.1, -0.05) is 24.3 Å². The first-order chi connectivity index (χ1) is 15.2. The van der Waals surface area contributed by atoms with Crippen LogP contribution in [0.1, 0.15) is 23.6 Å². The van der Waals surface area contributed by atoms with E-state index in [1.165, 1.54) is 23.3 Å². The molecule has 0 spiro atoms. The number of aliphatic imine (C=N–C) groups is 1. The summed E-state index contributed by atoms with van der Waals surface area (Å²) < 4.78 is 15.3. The van der Waals surface area contributed by atoms with Crippen LogP contribution in [0.5, 0.6) is 0 Å². The van der Waals surface area contributed by atoms with Crippen LogP contribution in [0.2, 0.25) is 0 Å². The van der Waals surface area contributed by atoms with Crippen molar-refractivity contribution >= 4 is 16.9 Å². The molecule has 0 amide bonds. The molecule has 2 heterocycles. The van der Waals surface area contributed by atoms with Gasteiger partial charge < -0.3 is 15.6 Å². The molecule has 7 heteroatoms. The molecular weight excluding hydrogens is 391 g/mol. The van der Waals surface area contributed by atoms with Crippen molar-refractivity contribution in [3.05, 3.63) is 89.6 Å². The van der Waals surface area contributed by atoms with Gasteiger partial charge in [0.05, 0.1) is 13.1 Å². The van der Waals surface area contributed by atoms with E-state index < -0.39 is 0 Å². The molecule has 0 saturated heterocycles. The van der Waals surface area contributed by atoms with E-state index in [1.54, 1.807) is 6.20 Å². The monoisotopic (exact) mass is 418 g/mol. The molecule has 0 fully saturated rings.